The van der Waals surface area contributed by atoms with Gasteiger partial charge >= 0.3 is 0 Å². The zero-order valence-corrected chi connectivity index (χ0v) is 16.7. The van der Waals surface area contributed by atoms with E-state index in [1.54, 1.807) is 18.7 Å². The van der Waals surface area contributed by atoms with E-state index in [1.807, 2.05) is 0 Å². The number of aromatic nitrogens is 5. The van der Waals surface area contributed by atoms with Crippen LogP contribution in [-0.2, 0) is 5.75 Å². The Labute approximate surface area is 163 Å². The lowest BCUT2D eigenvalue weighted by atomic mass is 10.2. The summed E-state index contributed by atoms with van der Waals surface area (Å²) >= 11 is 2.86. The summed E-state index contributed by atoms with van der Waals surface area (Å²) in [4.78, 5) is 33.0. The molecule has 140 valence electrons. The minimum atomic E-state index is -0.181. The van der Waals surface area contributed by atoms with E-state index in [2.05, 4.69) is 24.7 Å². The fourth-order valence-electron chi connectivity index (χ4n) is 3.41. The highest BCUT2D eigenvalue weighted by Gasteiger charge is 2.36. The van der Waals surface area contributed by atoms with Gasteiger partial charge in [-0.3, -0.25) is 9.59 Å². The van der Waals surface area contributed by atoms with Gasteiger partial charge in [0.05, 0.1) is 16.0 Å². The van der Waals surface area contributed by atoms with E-state index in [0.29, 0.717) is 38.6 Å². The van der Waals surface area contributed by atoms with Crippen molar-refractivity contribution in [3.05, 3.63) is 32.4 Å². The van der Waals surface area contributed by atoms with Gasteiger partial charge < -0.3 is 9.55 Å². The molecule has 9 heteroatoms. The van der Waals surface area contributed by atoms with Crippen molar-refractivity contribution in [3.63, 3.8) is 0 Å². The summed E-state index contributed by atoms with van der Waals surface area (Å²) in [7, 11) is 0. The third-order valence-electron chi connectivity index (χ3n) is 5.05. The largest absolute Gasteiger partial charge is 0.309 e. The van der Waals surface area contributed by atoms with E-state index in [9.17, 15) is 9.59 Å². The van der Waals surface area contributed by atoms with Crippen molar-refractivity contribution < 1.29 is 4.79 Å². The number of ketones is 1. The lowest BCUT2D eigenvalue weighted by Gasteiger charge is -2.07. The number of nitrogens with zero attached hydrogens (tertiary/aromatic N) is 4. The smallest absolute Gasteiger partial charge is 0.259 e. The molecule has 27 heavy (non-hydrogen) atoms. The molecule has 0 unspecified atom stereocenters. The Bertz CT molecular complexity index is 1120. The number of Topliss-reactive ketones (excluding diaryl/α,β-unsaturated/α-hetero) is 1. The first-order valence-electron chi connectivity index (χ1n) is 9.13. The Morgan fingerprint density at radius 2 is 2.07 bits per heavy atom. The van der Waals surface area contributed by atoms with Crippen LogP contribution in [0.3, 0.4) is 0 Å². The molecule has 2 fully saturated rings. The van der Waals surface area contributed by atoms with Crippen LogP contribution >= 0.6 is 23.1 Å². The molecular formula is C18H19N5O2S2. The standard InChI is InChI=1S/C18H19N5O2S2/c1-8-13-16(25)19-12(20-17(13)27-14(8)9(2)24)7-26-18-22-21-15(10-3-4-10)23(18)11-5-6-11/h10-11H,3-7H2,1-2H3,(H,19,20,25). The molecular weight excluding hydrogens is 382 g/mol. The predicted octanol–water partition coefficient (Wildman–Crippen LogP) is 3.59. The molecule has 3 aromatic heterocycles. The summed E-state index contributed by atoms with van der Waals surface area (Å²) in [5, 5.41) is 10.2. The zero-order valence-electron chi connectivity index (χ0n) is 15.1. The van der Waals surface area contributed by atoms with E-state index < -0.39 is 0 Å². The normalized spacial score (nSPS) is 17.0. The van der Waals surface area contributed by atoms with E-state index in [1.165, 1.54) is 43.9 Å². The Balaban J connectivity index is 1.44. The molecule has 0 radical (unpaired) electrons. The topological polar surface area (TPSA) is 93.5 Å². The van der Waals surface area contributed by atoms with Crippen LogP contribution in [0.1, 0.15) is 71.5 Å². The number of carbonyl (C=O) groups is 1. The fourth-order valence-corrected chi connectivity index (χ4v) is 5.39. The van der Waals surface area contributed by atoms with Crippen molar-refractivity contribution in [2.45, 2.75) is 62.4 Å². The lowest BCUT2D eigenvalue weighted by Crippen LogP contribution is -2.11. The Kier molecular flexibility index (Phi) is 3.98. The van der Waals surface area contributed by atoms with Gasteiger partial charge in [-0.05, 0) is 45.1 Å². The second-order valence-corrected chi connectivity index (χ2v) is 9.25. The molecule has 2 saturated carbocycles. The van der Waals surface area contributed by atoms with Crippen LogP contribution in [0.15, 0.2) is 9.95 Å². The fraction of sp³-hybridized carbons (Fsp3) is 0.500. The summed E-state index contributed by atoms with van der Waals surface area (Å²) in [6.45, 7) is 3.32. The first-order valence-corrected chi connectivity index (χ1v) is 10.9. The highest BCUT2D eigenvalue weighted by Crippen LogP contribution is 2.46. The maximum Gasteiger partial charge on any atom is 0.259 e. The number of H-pyrrole nitrogens is 1. The van der Waals surface area contributed by atoms with Crippen molar-refractivity contribution in [3.8, 4) is 0 Å². The first kappa shape index (κ1) is 17.1. The minimum absolute atomic E-state index is 0.0315. The van der Waals surface area contributed by atoms with Crippen LogP contribution in [0.2, 0.25) is 0 Å². The van der Waals surface area contributed by atoms with Gasteiger partial charge in [0.25, 0.3) is 5.56 Å². The SMILES string of the molecule is CC(=O)c1sc2nc(CSc3nnc(C4CC4)n3C3CC3)[nH]c(=O)c2c1C. The lowest BCUT2D eigenvalue weighted by molar-refractivity contribution is 0.102. The maximum atomic E-state index is 12.5. The third kappa shape index (κ3) is 3.02. The van der Waals surface area contributed by atoms with Gasteiger partial charge in [0.1, 0.15) is 16.5 Å². The molecule has 0 aliphatic heterocycles. The highest BCUT2D eigenvalue weighted by molar-refractivity contribution is 7.98. The number of aryl methyl sites for hydroxylation is 1. The number of hydrogen-bond acceptors (Lipinski definition) is 7. The van der Waals surface area contributed by atoms with Crippen LogP contribution in [0.4, 0.5) is 0 Å². The van der Waals surface area contributed by atoms with Gasteiger partial charge in [-0.15, -0.1) is 21.5 Å². The average molecular weight is 402 g/mol. The van der Waals surface area contributed by atoms with Crippen molar-refractivity contribution in [1.29, 1.82) is 0 Å². The van der Waals surface area contributed by atoms with Crippen LogP contribution in [0.25, 0.3) is 10.2 Å². The van der Waals surface area contributed by atoms with Gasteiger partial charge in [0, 0.05) is 12.0 Å². The van der Waals surface area contributed by atoms with Crippen molar-refractivity contribution in [1.82, 2.24) is 24.7 Å². The quantitative estimate of drug-likeness (QED) is 0.501. The Morgan fingerprint density at radius 3 is 2.74 bits per heavy atom. The van der Waals surface area contributed by atoms with Gasteiger partial charge in [-0.25, -0.2) is 4.98 Å². The van der Waals surface area contributed by atoms with Gasteiger partial charge in [-0.2, -0.15) is 0 Å². The summed E-state index contributed by atoms with van der Waals surface area (Å²) in [5.74, 6) is 2.79. The summed E-state index contributed by atoms with van der Waals surface area (Å²) in [5.41, 5.74) is 0.539. The number of rotatable bonds is 6. The third-order valence-corrected chi connectivity index (χ3v) is 7.29. The number of fused-ring (bicyclic) bond motifs is 1. The maximum absolute atomic E-state index is 12.5. The molecule has 1 N–H and O–H groups in total. The molecule has 0 aromatic carbocycles. The molecule has 0 saturated heterocycles. The van der Waals surface area contributed by atoms with Crippen LogP contribution in [-0.4, -0.2) is 30.5 Å². The number of hydrogen-bond donors (Lipinski definition) is 1. The van der Waals surface area contributed by atoms with Crippen LogP contribution in [0.5, 0.6) is 0 Å². The molecule has 2 aliphatic rings. The van der Waals surface area contributed by atoms with Crippen molar-refractivity contribution >= 4 is 39.1 Å². The van der Waals surface area contributed by atoms with Crippen molar-refractivity contribution in [2.24, 2.45) is 0 Å². The number of aromatic amines is 1. The first-order chi connectivity index (χ1) is 13.0. The summed E-state index contributed by atoms with van der Waals surface area (Å²) in [6, 6.07) is 0.533. The van der Waals surface area contributed by atoms with Gasteiger partial charge in [0.15, 0.2) is 10.9 Å². The second kappa shape index (κ2) is 6.27. The van der Waals surface area contributed by atoms with Gasteiger partial charge in [-0.1, -0.05) is 11.8 Å². The Hall–Kier alpha value is -2.00. The summed E-state index contributed by atoms with van der Waals surface area (Å²) < 4.78 is 2.29. The van der Waals surface area contributed by atoms with Gasteiger partial charge in [0.2, 0.25) is 0 Å². The monoisotopic (exact) mass is 401 g/mol. The zero-order chi connectivity index (χ0) is 18.7. The van der Waals surface area contributed by atoms with Crippen molar-refractivity contribution in [2.75, 3.05) is 0 Å². The molecule has 0 bridgehead atoms. The number of thioether (sulfide) groups is 1. The second-order valence-electron chi connectivity index (χ2n) is 7.31. The number of thiophene rings is 1. The van der Waals surface area contributed by atoms with E-state index in [4.69, 9.17) is 0 Å². The minimum Gasteiger partial charge on any atom is -0.309 e. The predicted molar refractivity (Wildman–Crippen MR) is 105 cm³/mol. The molecule has 3 heterocycles. The van der Waals surface area contributed by atoms with E-state index in [-0.39, 0.29) is 11.3 Å². The van der Waals surface area contributed by atoms with Crippen LogP contribution < -0.4 is 5.56 Å². The molecule has 0 atom stereocenters. The van der Waals surface area contributed by atoms with E-state index >= 15 is 0 Å². The molecule has 0 spiro atoms. The molecule has 0 amide bonds. The Morgan fingerprint density at radius 1 is 1.30 bits per heavy atom. The molecule has 3 aromatic rings. The summed E-state index contributed by atoms with van der Waals surface area (Å²) in [6.07, 6.45) is 4.79. The average Bonchev–Trinajstić information content (AvgIpc) is 3.55. The number of nitrogens with one attached hydrogen (secondary N) is 1. The van der Waals surface area contributed by atoms with E-state index in [0.717, 1.165) is 16.5 Å². The molecule has 5 rings (SSSR count). The molecule has 2 aliphatic carbocycles. The molecule has 7 nitrogen and oxygen atoms in total. The highest BCUT2D eigenvalue weighted by atomic mass is 32.2. The number of carbonyl (C=O) groups excluding carboxylic acids is 1. The van der Waals surface area contributed by atoms with Crippen LogP contribution in [0, 0.1) is 6.92 Å².